The van der Waals surface area contributed by atoms with Gasteiger partial charge in [-0.1, -0.05) is 24.3 Å². The maximum absolute atomic E-state index is 9.04. The molecule has 1 aliphatic rings. The summed E-state index contributed by atoms with van der Waals surface area (Å²) < 4.78 is 0. The van der Waals surface area contributed by atoms with Crippen LogP contribution in [-0.4, -0.2) is 11.2 Å². The molecule has 0 aromatic carbocycles. The highest BCUT2D eigenvalue weighted by molar-refractivity contribution is 5.18. The van der Waals surface area contributed by atoms with Crippen molar-refractivity contribution in [1.29, 1.82) is 0 Å². The Kier molecular flexibility index (Phi) is 2.06. The van der Waals surface area contributed by atoms with Crippen LogP contribution in [-0.2, 0) is 0 Å². The molecular weight excluding hydrogens is 112 g/mol. The summed E-state index contributed by atoms with van der Waals surface area (Å²) in [6.45, 7) is 3.66. The third-order valence-electron chi connectivity index (χ3n) is 1.68. The van der Waals surface area contributed by atoms with Gasteiger partial charge in [0, 0.05) is 0 Å². The first kappa shape index (κ1) is 6.56. The summed E-state index contributed by atoms with van der Waals surface area (Å²) in [5.74, 6) is 0. The Hall–Kier alpha value is -0.560. The van der Waals surface area contributed by atoms with Gasteiger partial charge in [0.25, 0.3) is 0 Å². The molecule has 0 aromatic rings. The fraction of sp³-hybridized carbons (Fsp3) is 0.500. The van der Waals surface area contributed by atoms with Crippen LogP contribution >= 0.6 is 0 Å². The maximum atomic E-state index is 9.04. The molecule has 1 heteroatoms. The molecule has 1 rings (SSSR count). The summed E-state index contributed by atoms with van der Waals surface area (Å²) >= 11 is 0. The first-order valence-corrected chi connectivity index (χ1v) is 3.32. The van der Waals surface area contributed by atoms with E-state index in [0.717, 1.165) is 19.3 Å². The second-order valence-electron chi connectivity index (χ2n) is 2.41. The molecule has 1 aliphatic carbocycles. The average molecular weight is 124 g/mol. The van der Waals surface area contributed by atoms with Crippen molar-refractivity contribution in [1.82, 2.24) is 0 Å². The van der Waals surface area contributed by atoms with E-state index in [0.29, 0.717) is 0 Å². The minimum Gasteiger partial charge on any atom is -0.393 e. The lowest BCUT2D eigenvalue weighted by Gasteiger charge is -2.14. The largest absolute Gasteiger partial charge is 0.393 e. The molecule has 0 heterocycles. The summed E-state index contributed by atoms with van der Waals surface area (Å²) in [6, 6.07) is 0. The van der Waals surface area contributed by atoms with Crippen molar-refractivity contribution in [2.45, 2.75) is 25.4 Å². The normalized spacial score (nSPS) is 27.2. The molecule has 0 amide bonds. The highest BCUT2D eigenvalue weighted by Gasteiger charge is 2.07. The molecular formula is C8H12O. The Balaban J connectivity index is 2.49. The predicted octanol–water partition coefficient (Wildman–Crippen LogP) is 1.64. The number of hydrogen-bond donors (Lipinski definition) is 1. The topological polar surface area (TPSA) is 20.2 Å². The van der Waals surface area contributed by atoms with Crippen molar-refractivity contribution in [3.63, 3.8) is 0 Å². The van der Waals surface area contributed by atoms with Crippen molar-refractivity contribution in [2.75, 3.05) is 0 Å². The average Bonchev–Trinajstić information content (AvgIpc) is 1.90. The standard InChI is InChI=1S/C8H12O/c1-2-7-3-5-8(9)6-4-7/h2-3,8-9H,1,4-6H2/t8-/m0/s1. The molecule has 0 spiro atoms. The van der Waals surface area contributed by atoms with E-state index in [1.165, 1.54) is 5.57 Å². The highest BCUT2D eigenvalue weighted by Crippen LogP contribution is 2.17. The molecule has 9 heavy (non-hydrogen) atoms. The molecule has 0 unspecified atom stereocenters. The van der Waals surface area contributed by atoms with Crippen LogP contribution in [0.4, 0.5) is 0 Å². The molecule has 0 fully saturated rings. The lowest BCUT2D eigenvalue weighted by molar-refractivity contribution is 0.163. The van der Waals surface area contributed by atoms with Crippen LogP contribution in [0.15, 0.2) is 24.3 Å². The van der Waals surface area contributed by atoms with E-state index in [4.69, 9.17) is 5.11 Å². The Morgan fingerprint density at radius 3 is 3.00 bits per heavy atom. The first-order valence-electron chi connectivity index (χ1n) is 3.32. The molecule has 0 aromatic heterocycles. The van der Waals surface area contributed by atoms with Crippen LogP contribution in [0.3, 0.4) is 0 Å². The molecule has 1 atom stereocenters. The highest BCUT2D eigenvalue weighted by atomic mass is 16.3. The SMILES string of the molecule is C=CC1=CC[C@H](O)CC1. The van der Waals surface area contributed by atoms with Crippen molar-refractivity contribution >= 4 is 0 Å². The molecule has 1 nitrogen and oxygen atoms in total. The number of aliphatic hydroxyl groups excluding tert-OH is 1. The van der Waals surface area contributed by atoms with Gasteiger partial charge in [0.2, 0.25) is 0 Å². The van der Waals surface area contributed by atoms with Gasteiger partial charge in [0.15, 0.2) is 0 Å². The summed E-state index contributed by atoms with van der Waals surface area (Å²) in [7, 11) is 0. The van der Waals surface area contributed by atoms with Gasteiger partial charge >= 0.3 is 0 Å². The van der Waals surface area contributed by atoms with Crippen LogP contribution in [0.2, 0.25) is 0 Å². The minimum atomic E-state index is -0.103. The fourth-order valence-electron chi connectivity index (χ4n) is 1.03. The Bertz CT molecular complexity index is 136. The smallest absolute Gasteiger partial charge is 0.0578 e. The van der Waals surface area contributed by atoms with E-state index >= 15 is 0 Å². The lowest BCUT2D eigenvalue weighted by Crippen LogP contribution is -2.08. The monoisotopic (exact) mass is 124 g/mol. The third-order valence-corrected chi connectivity index (χ3v) is 1.68. The molecule has 0 saturated heterocycles. The zero-order chi connectivity index (χ0) is 6.69. The van der Waals surface area contributed by atoms with Crippen LogP contribution in [0.25, 0.3) is 0 Å². The van der Waals surface area contributed by atoms with E-state index in [1.54, 1.807) is 0 Å². The number of allylic oxidation sites excluding steroid dienone is 2. The summed E-state index contributed by atoms with van der Waals surface area (Å²) in [6.07, 6.45) is 6.52. The fourth-order valence-corrected chi connectivity index (χ4v) is 1.03. The van der Waals surface area contributed by atoms with Gasteiger partial charge in [-0.2, -0.15) is 0 Å². The van der Waals surface area contributed by atoms with Crippen LogP contribution in [0.5, 0.6) is 0 Å². The third kappa shape index (κ3) is 1.68. The number of aliphatic hydroxyl groups is 1. The summed E-state index contributed by atoms with van der Waals surface area (Å²) in [5, 5.41) is 9.04. The van der Waals surface area contributed by atoms with E-state index in [1.807, 2.05) is 6.08 Å². The van der Waals surface area contributed by atoms with Crippen LogP contribution in [0, 0.1) is 0 Å². The van der Waals surface area contributed by atoms with E-state index in [9.17, 15) is 0 Å². The molecule has 1 N–H and O–H groups in total. The molecule has 0 aliphatic heterocycles. The minimum absolute atomic E-state index is 0.103. The van der Waals surface area contributed by atoms with Gasteiger partial charge < -0.3 is 5.11 Å². The van der Waals surface area contributed by atoms with E-state index in [2.05, 4.69) is 12.7 Å². The summed E-state index contributed by atoms with van der Waals surface area (Å²) in [5.41, 5.74) is 1.28. The van der Waals surface area contributed by atoms with E-state index in [-0.39, 0.29) is 6.10 Å². The van der Waals surface area contributed by atoms with Crippen LogP contribution in [0.1, 0.15) is 19.3 Å². The Labute approximate surface area is 55.7 Å². The van der Waals surface area contributed by atoms with E-state index < -0.39 is 0 Å². The van der Waals surface area contributed by atoms with Crippen molar-refractivity contribution in [3.05, 3.63) is 24.3 Å². The molecule has 0 bridgehead atoms. The Morgan fingerprint density at radius 1 is 1.78 bits per heavy atom. The zero-order valence-electron chi connectivity index (χ0n) is 5.51. The zero-order valence-corrected chi connectivity index (χ0v) is 5.51. The van der Waals surface area contributed by atoms with Gasteiger partial charge in [-0.25, -0.2) is 0 Å². The molecule has 0 saturated carbocycles. The number of hydrogen-bond acceptors (Lipinski definition) is 1. The maximum Gasteiger partial charge on any atom is 0.0578 e. The van der Waals surface area contributed by atoms with Crippen LogP contribution < -0.4 is 0 Å². The van der Waals surface area contributed by atoms with Crippen molar-refractivity contribution < 1.29 is 5.11 Å². The molecule has 50 valence electrons. The second-order valence-corrected chi connectivity index (χ2v) is 2.41. The predicted molar refractivity (Wildman–Crippen MR) is 38.1 cm³/mol. The summed E-state index contributed by atoms with van der Waals surface area (Å²) in [4.78, 5) is 0. The van der Waals surface area contributed by atoms with Gasteiger partial charge in [-0.05, 0) is 19.3 Å². The quantitative estimate of drug-likeness (QED) is 0.563. The lowest BCUT2D eigenvalue weighted by atomic mass is 9.98. The second kappa shape index (κ2) is 2.83. The molecule has 0 radical (unpaired) electrons. The Morgan fingerprint density at radius 2 is 2.56 bits per heavy atom. The van der Waals surface area contributed by atoms with Gasteiger partial charge in [0.05, 0.1) is 6.10 Å². The first-order chi connectivity index (χ1) is 4.33. The number of rotatable bonds is 1. The van der Waals surface area contributed by atoms with Gasteiger partial charge in [-0.15, -0.1) is 0 Å². The van der Waals surface area contributed by atoms with Crippen molar-refractivity contribution in [3.8, 4) is 0 Å². The van der Waals surface area contributed by atoms with Crippen molar-refractivity contribution in [2.24, 2.45) is 0 Å². The van der Waals surface area contributed by atoms with Gasteiger partial charge in [0.1, 0.15) is 0 Å². The van der Waals surface area contributed by atoms with Gasteiger partial charge in [-0.3, -0.25) is 0 Å².